The number of alkyl halides is 2. The maximum Gasteiger partial charge on any atom is 0.303 e. The number of ether oxygens (including phenoxy) is 2. The third kappa shape index (κ3) is 6.81. The Balaban J connectivity index is 1.77. The maximum absolute atomic E-state index is 13.7. The molecule has 1 saturated heterocycles. The number of anilines is 3. The fourth-order valence-electron chi connectivity index (χ4n) is 3.24. The number of carbonyl (C=O) groups excluding carboxylic acids is 1. The highest BCUT2D eigenvalue weighted by Crippen LogP contribution is 2.31. The van der Waals surface area contributed by atoms with Crippen molar-refractivity contribution in [1.82, 2.24) is 15.0 Å². The summed E-state index contributed by atoms with van der Waals surface area (Å²) < 4.78 is 38.9. The number of amides is 1. The number of aryl methyl sites for hydroxylation is 1. The SMILES string of the molecule is CC(=O)Nc1cc(Nc2cc(C)nc(C(C)(F)F)n2)c(OCCC[C@H]2CCCO2)cn1. The molecule has 0 bridgehead atoms. The number of nitrogens with zero attached hydrogens (tertiary/aromatic N) is 3. The lowest BCUT2D eigenvalue weighted by molar-refractivity contribution is -0.114. The Morgan fingerprint density at radius 3 is 2.81 bits per heavy atom. The summed E-state index contributed by atoms with van der Waals surface area (Å²) in [6.07, 6.45) is 5.61. The average molecular weight is 435 g/mol. The predicted octanol–water partition coefficient (Wildman–Crippen LogP) is 4.33. The van der Waals surface area contributed by atoms with Gasteiger partial charge in [-0.05, 0) is 32.6 Å². The van der Waals surface area contributed by atoms with Crippen LogP contribution in [0.25, 0.3) is 0 Å². The highest BCUT2D eigenvalue weighted by atomic mass is 19.3. The molecule has 1 fully saturated rings. The van der Waals surface area contributed by atoms with Crippen molar-refractivity contribution >= 4 is 23.2 Å². The standard InChI is InChI=1S/C21H27F2N5O3/c1-13-10-19(28-20(25-13)21(3,22)23)27-16-11-18(26-14(2)29)24-12-17(16)31-9-5-7-15-6-4-8-30-15/h10-12,15H,4-9H2,1-3H3,(H2,24,25,26,27,28,29)/t15-/m1/s1. The molecular formula is C21H27F2N5O3. The van der Waals surface area contributed by atoms with Crippen LogP contribution in [0.4, 0.5) is 26.1 Å². The van der Waals surface area contributed by atoms with Gasteiger partial charge in [-0.1, -0.05) is 0 Å². The van der Waals surface area contributed by atoms with Crippen LogP contribution in [0.15, 0.2) is 18.3 Å². The second-order valence-electron chi connectivity index (χ2n) is 7.60. The van der Waals surface area contributed by atoms with Crippen molar-refractivity contribution in [3.8, 4) is 5.75 Å². The highest BCUT2D eigenvalue weighted by Gasteiger charge is 2.29. The highest BCUT2D eigenvalue weighted by molar-refractivity contribution is 5.88. The second-order valence-corrected chi connectivity index (χ2v) is 7.60. The van der Waals surface area contributed by atoms with Crippen molar-refractivity contribution in [2.75, 3.05) is 23.8 Å². The Bertz CT molecular complexity index is 914. The van der Waals surface area contributed by atoms with Crippen LogP contribution in [0.3, 0.4) is 0 Å². The van der Waals surface area contributed by atoms with Crippen molar-refractivity contribution in [2.45, 2.75) is 58.5 Å². The molecule has 1 atom stereocenters. The van der Waals surface area contributed by atoms with Crippen molar-refractivity contribution in [1.29, 1.82) is 0 Å². The van der Waals surface area contributed by atoms with E-state index >= 15 is 0 Å². The fourth-order valence-corrected chi connectivity index (χ4v) is 3.24. The summed E-state index contributed by atoms with van der Waals surface area (Å²) >= 11 is 0. The van der Waals surface area contributed by atoms with E-state index in [2.05, 4.69) is 25.6 Å². The van der Waals surface area contributed by atoms with E-state index < -0.39 is 11.7 Å². The lowest BCUT2D eigenvalue weighted by Gasteiger charge is -2.16. The van der Waals surface area contributed by atoms with Gasteiger partial charge in [0.2, 0.25) is 11.7 Å². The Labute approximate surface area is 179 Å². The normalized spacial score (nSPS) is 16.2. The van der Waals surface area contributed by atoms with Crippen molar-refractivity contribution in [2.24, 2.45) is 0 Å². The molecule has 8 nitrogen and oxygen atoms in total. The summed E-state index contributed by atoms with van der Waals surface area (Å²) in [6.45, 7) is 4.98. The molecule has 2 aromatic heterocycles. The van der Waals surface area contributed by atoms with E-state index in [-0.39, 0.29) is 17.8 Å². The minimum atomic E-state index is -3.18. The Hall–Kier alpha value is -2.88. The van der Waals surface area contributed by atoms with Gasteiger partial charge in [0.25, 0.3) is 0 Å². The molecule has 3 heterocycles. The third-order valence-electron chi connectivity index (χ3n) is 4.63. The van der Waals surface area contributed by atoms with Gasteiger partial charge in [-0.15, -0.1) is 0 Å². The summed E-state index contributed by atoms with van der Waals surface area (Å²) in [4.78, 5) is 23.3. The number of nitrogens with one attached hydrogen (secondary N) is 2. The first-order valence-corrected chi connectivity index (χ1v) is 10.2. The Morgan fingerprint density at radius 2 is 2.13 bits per heavy atom. The first kappa shape index (κ1) is 22.8. The second kappa shape index (κ2) is 9.95. The van der Waals surface area contributed by atoms with E-state index in [1.54, 1.807) is 19.1 Å². The maximum atomic E-state index is 13.7. The van der Waals surface area contributed by atoms with Crippen LogP contribution < -0.4 is 15.4 Å². The summed E-state index contributed by atoms with van der Waals surface area (Å²) in [5.74, 6) is -3.13. The fraction of sp³-hybridized carbons (Fsp3) is 0.524. The minimum absolute atomic E-state index is 0.188. The molecule has 10 heteroatoms. The number of hydrogen-bond donors (Lipinski definition) is 2. The number of carbonyl (C=O) groups is 1. The largest absolute Gasteiger partial charge is 0.490 e. The molecule has 31 heavy (non-hydrogen) atoms. The van der Waals surface area contributed by atoms with E-state index in [0.29, 0.717) is 29.6 Å². The van der Waals surface area contributed by atoms with Crippen LogP contribution in [-0.4, -0.2) is 40.2 Å². The first-order chi connectivity index (χ1) is 14.7. The van der Waals surface area contributed by atoms with Crippen LogP contribution in [0, 0.1) is 6.92 Å². The van der Waals surface area contributed by atoms with Gasteiger partial charge in [0.05, 0.1) is 24.6 Å². The van der Waals surface area contributed by atoms with Crippen molar-refractivity contribution in [3.63, 3.8) is 0 Å². The molecule has 3 rings (SSSR count). The van der Waals surface area contributed by atoms with Crippen LogP contribution in [0.2, 0.25) is 0 Å². The molecule has 0 unspecified atom stereocenters. The molecule has 1 aliphatic heterocycles. The van der Waals surface area contributed by atoms with Crippen LogP contribution in [-0.2, 0) is 15.5 Å². The van der Waals surface area contributed by atoms with E-state index in [4.69, 9.17) is 9.47 Å². The lowest BCUT2D eigenvalue weighted by Crippen LogP contribution is -2.15. The average Bonchev–Trinajstić information content (AvgIpc) is 3.18. The molecule has 0 spiro atoms. The molecule has 0 aliphatic carbocycles. The van der Waals surface area contributed by atoms with E-state index in [1.165, 1.54) is 13.1 Å². The molecular weight excluding hydrogens is 408 g/mol. The molecule has 1 aliphatic rings. The monoisotopic (exact) mass is 435 g/mol. The van der Waals surface area contributed by atoms with Gasteiger partial charge in [-0.2, -0.15) is 8.78 Å². The van der Waals surface area contributed by atoms with E-state index in [1.807, 2.05) is 0 Å². The molecule has 0 saturated carbocycles. The number of aromatic nitrogens is 3. The zero-order valence-corrected chi connectivity index (χ0v) is 17.9. The van der Waals surface area contributed by atoms with Crippen LogP contribution >= 0.6 is 0 Å². The van der Waals surface area contributed by atoms with E-state index in [0.717, 1.165) is 39.2 Å². The topological polar surface area (TPSA) is 98.3 Å². The van der Waals surface area contributed by atoms with Gasteiger partial charge in [0.15, 0.2) is 5.75 Å². The third-order valence-corrected chi connectivity index (χ3v) is 4.63. The quantitative estimate of drug-likeness (QED) is 0.566. The smallest absolute Gasteiger partial charge is 0.303 e. The number of rotatable bonds is 9. The molecule has 168 valence electrons. The Morgan fingerprint density at radius 1 is 1.32 bits per heavy atom. The molecule has 2 aromatic rings. The zero-order chi connectivity index (χ0) is 22.4. The van der Waals surface area contributed by atoms with Gasteiger partial charge in [-0.3, -0.25) is 4.79 Å². The van der Waals surface area contributed by atoms with E-state index in [9.17, 15) is 13.6 Å². The van der Waals surface area contributed by atoms with Gasteiger partial charge >= 0.3 is 5.92 Å². The number of pyridine rings is 1. The number of hydrogen-bond acceptors (Lipinski definition) is 7. The van der Waals surface area contributed by atoms with Gasteiger partial charge in [0, 0.05) is 38.3 Å². The molecule has 2 N–H and O–H groups in total. The van der Waals surface area contributed by atoms with Crippen LogP contribution in [0.5, 0.6) is 5.75 Å². The Kier molecular flexibility index (Phi) is 7.32. The van der Waals surface area contributed by atoms with Gasteiger partial charge in [-0.25, -0.2) is 15.0 Å². The molecule has 0 radical (unpaired) electrons. The predicted molar refractivity (Wildman–Crippen MR) is 112 cm³/mol. The van der Waals surface area contributed by atoms with Crippen molar-refractivity contribution < 1.29 is 23.0 Å². The van der Waals surface area contributed by atoms with Crippen LogP contribution in [0.1, 0.15) is 51.0 Å². The minimum Gasteiger partial charge on any atom is -0.490 e. The van der Waals surface area contributed by atoms with Gasteiger partial charge < -0.3 is 20.1 Å². The summed E-state index contributed by atoms with van der Waals surface area (Å²) in [5.41, 5.74) is 0.837. The zero-order valence-electron chi connectivity index (χ0n) is 17.9. The summed E-state index contributed by atoms with van der Waals surface area (Å²) in [5, 5.41) is 5.59. The lowest BCUT2D eigenvalue weighted by atomic mass is 10.1. The van der Waals surface area contributed by atoms with Crippen molar-refractivity contribution in [3.05, 3.63) is 29.8 Å². The summed E-state index contributed by atoms with van der Waals surface area (Å²) in [6, 6.07) is 3.12. The number of halogens is 2. The van der Waals surface area contributed by atoms with Gasteiger partial charge in [0.1, 0.15) is 11.6 Å². The first-order valence-electron chi connectivity index (χ1n) is 10.2. The molecule has 0 aromatic carbocycles. The summed E-state index contributed by atoms with van der Waals surface area (Å²) in [7, 11) is 0. The molecule has 1 amide bonds.